The summed E-state index contributed by atoms with van der Waals surface area (Å²) < 4.78 is 40.4. The Hall–Kier alpha value is -2.14. The van der Waals surface area contributed by atoms with Crippen molar-refractivity contribution in [1.29, 1.82) is 0 Å². The van der Waals surface area contributed by atoms with Crippen molar-refractivity contribution in [2.45, 2.75) is 24.5 Å². The third-order valence-electron chi connectivity index (χ3n) is 4.51. The highest BCUT2D eigenvalue weighted by molar-refractivity contribution is 7.99. The van der Waals surface area contributed by atoms with Gasteiger partial charge in [0.05, 0.1) is 24.2 Å². The SMILES string of the molecule is Cn1c(CN(c2ccc(F)cc2)S(C)(=O)=O)nnc1SCC(=O)N1CCCC1. The second-order valence-corrected chi connectivity index (χ2v) is 9.43. The number of benzene rings is 1. The molecule has 0 unspecified atom stereocenters. The molecule has 1 saturated heterocycles. The van der Waals surface area contributed by atoms with Crippen molar-refractivity contribution >= 4 is 33.4 Å². The molecule has 1 amide bonds. The molecule has 1 aliphatic rings. The molecule has 2 heterocycles. The summed E-state index contributed by atoms with van der Waals surface area (Å²) in [4.78, 5) is 14.0. The van der Waals surface area contributed by atoms with Gasteiger partial charge in [-0.1, -0.05) is 11.8 Å². The number of aromatic nitrogens is 3. The van der Waals surface area contributed by atoms with Crippen molar-refractivity contribution in [3.8, 4) is 0 Å². The minimum absolute atomic E-state index is 0.0470. The fourth-order valence-electron chi connectivity index (χ4n) is 2.93. The molecule has 0 saturated carbocycles. The van der Waals surface area contributed by atoms with Gasteiger partial charge in [-0.05, 0) is 37.1 Å². The van der Waals surface area contributed by atoms with E-state index in [1.807, 2.05) is 4.90 Å². The molecule has 0 bridgehead atoms. The number of nitrogens with zero attached hydrogens (tertiary/aromatic N) is 5. The number of rotatable bonds is 7. The number of amides is 1. The van der Waals surface area contributed by atoms with Gasteiger partial charge in [0.25, 0.3) is 0 Å². The fraction of sp³-hybridized carbons (Fsp3) is 0.471. The second kappa shape index (κ2) is 8.48. The molecule has 0 spiro atoms. The summed E-state index contributed by atoms with van der Waals surface area (Å²) in [7, 11) is -1.89. The molecule has 0 aliphatic carbocycles. The lowest BCUT2D eigenvalue weighted by Gasteiger charge is -2.21. The number of hydrogen-bond donors (Lipinski definition) is 0. The van der Waals surface area contributed by atoms with E-state index in [9.17, 15) is 17.6 Å². The van der Waals surface area contributed by atoms with Gasteiger partial charge >= 0.3 is 0 Å². The van der Waals surface area contributed by atoms with Crippen LogP contribution in [0.5, 0.6) is 0 Å². The second-order valence-electron chi connectivity index (χ2n) is 6.58. The van der Waals surface area contributed by atoms with Crippen LogP contribution in [0.2, 0.25) is 0 Å². The van der Waals surface area contributed by atoms with Crippen LogP contribution in [-0.2, 0) is 28.4 Å². The van der Waals surface area contributed by atoms with E-state index in [-0.39, 0.29) is 18.2 Å². The number of thioether (sulfide) groups is 1. The monoisotopic (exact) mass is 427 g/mol. The molecule has 0 N–H and O–H groups in total. The largest absolute Gasteiger partial charge is 0.342 e. The predicted octanol–water partition coefficient (Wildman–Crippen LogP) is 1.63. The van der Waals surface area contributed by atoms with Gasteiger partial charge in [-0.2, -0.15) is 0 Å². The topological polar surface area (TPSA) is 88.4 Å². The normalized spacial score (nSPS) is 14.5. The maximum atomic E-state index is 13.2. The Kier molecular flexibility index (Phi) is 6.23. The van der Waals surface area contributed by atoms with Gasteiger partial charge in [-0.25, -0.2) is 12.8 Å². The number of anilines is 1. The quantitative estimate of drug-likeness (QED) is 0.624. The highest BCUT2D eigenvalue weighted by Crippen LogP contribution is 2.23. The first kappa shape index (κ1) is 20.6. The number of likely N-dealkylation sites (tertiary alicyclic amines) is 1. The first-order valence-electron chi connectivity index (χ1n) is 8.78. The Morgan fingerprint density at radius 2 is 1.86 bits per heavy atom. The Balaban J connectivity index is 1.72. The molecule has 8 nitrogen and oxygen atoms in total. The highest BCUT2D eigenvalue weighted by atomic mass is 32.2. The van der Waals surface area contributed by atoms with Gasteiger partial charge in [-0.3, -0.25) is 9.10 Å². The molecule has 28 heavy (non-hydrogen) atoms. The molecule has 1 aromatic heterocycles. The summed E-state index contributed by atoms with van der Waals surface area (Å²) in [5.74, 6) is 0.305. The lowest BCUT2D eigenvalue weighted by molar-refractivity contribution is -0.127. The summed E-state index contributed by atoms with van der Waals surface area (Å²) in [6, 6.07) is 5.21. The molecular weight excluding hydrogens is 405 g/mol. The maximum Gasteiger partial charge on any atom is 0.233 e. The average Bonchev–Trinajstić information content (AvgIpc) is 3.28. The third kappa shape index (κ3) is 4.82. The summed E-state index contributed by atoms with van der Waals surface area (Å²) in [6.45, 7) is 1.55. The van der Waals surface area contributed by atoms with E-state index in [0.717, 1.165) is 36.5 Å². The number of carbonyl (C=O) groups excluding carboxylic acids is 1. The zero-order chi connectivity index (χ0) is 20.3. The summed E-state index contributed by atoms with van der Waals surface area (Å²) in [5.41, 5.74) is 0.338. The molecular formula is C17H22FN5O3S2. The Morgan fingerprint density at radius 3 is 2.46 bits per heavy atom. The van der Waals surface area contributed by atoms with Gasteiger partial charge in [0.2, 0.25) is 15.9 Å². The van der Waals surface area contributed by atoms with Gasteiger partial charge in [0.1, 0.15) is 5.82 Å². The van der Waals surface area contributed by atoms with Gasteiger partial charge < -0.3 is 9.47 Å². The zero-order valence-electron chi connectivity index (χ0n) is 15.7. The van der Waals surface area contributed by atoms with Crippen molar-refractivity contribution in [3.63, 3.8) is 0 Å². The van der Waals surface area contributed by atoms with Gasteiger partial charge in [0.15, 0.2) is 11.0 Å². The highest BCUT2D eigenvalue weighted by Gasteiger charge is 2.23. The van der Waals surface area contributed by atoms with Crippen LogP contribution in [0.4, 0.5) is 10.1 Å². The van der Waals surface area contributed by atoms with E-state index in [0.29, 0.717) is 16.7 Å². The Morgan fingerprint density at radius 1 is 1.21 bits per heavy atom. The lowest BCUT2D eigenvalue weighted by atomic mass is 10.3. The van der Waals surface area contributed by atoms with Crippen LogP contribution in [0.1, 0.15) is 18.7 Å². The molecule has 1 aromatic carbocycles. The van der Waals surface area contributed by atoms with Gasteiger partial charge in [-0.15, -0.1) is 10.2 Å². The van der Waals surface area contributed by atoms with Crippen LogP contribution in [0.25, 0.3) is 0 Å². The third-order valence-corrected chi connectivity index (χ3v) is 6.65. The molecule has 0 atom stereocenters. The fourth-order valence-corrected chi connectivity index (χ4v) is 4.62. The molecule has 11 heteroatoms. The van der Waals surface area contributed by atoms with E-state index in [1.54, 1.807) is 11.6 Å². The van der Waals surface area contributed by atoms with Crippen LogP contribution >= 0.6 is 11.8 Å². The summed E-state index contributed by atoms with van der Waals surface area (Å²) in [5, 5.41) is 8.69. The summed E-state index contributed by atoms with van der Waals surface area (Å²) in [6.07, 6.45) is 3.15. The van der Waals surface area contributed by atoms with Crippen LogP contribution < -0.4 is 4.31 Å². The first-order valence-corrected chi connectivity index (χ1v) is 11.6. The van der Waals surface area contributed by atoms with Crippen LogP contribution in [-0.4, -0.2) is 59.1 Å². The van der Waals surface area contributed by atoms with Crippen LogP contribution in [0, 0.1) is 5.82 Å². The Bertz CT molecular complexity index is 940. The maximum absolute atomic E-state index is 13.2. The minimum atomic E-state index is -3.61. The zero-order valence-corrected chi connectivity index (χ0v) is 17.3. The predicted molar refractivity (Wildman–Crippen MR) is 105 cm³/mol. The van der Waals surface area contributed by atoms with Crippen LogP contribution in [0.3, 0.4) is 0 Å². The number of halogens is 1. The van der Waals surface area contributed by atoms with Crippen molar-refractivity contribution in [1.82, 2.24) is 19.7 Å². The molecule has 1 fully saturated rings. The van der Waals surface area contributed by atoms with Crippen molar-refractivity contribution in [2.75, 3.05) is 29.4 Å². The number of hydrogen-bond acceptors (Lipinski definition) is 6. The van der Waals surface area contributed by atoms with E-state index in [2.05, 4.69) is 10.2 Å². The molecule has 3 rings (SSSR count). The standard InChI is InChI=1S/C17H22FN5O3S2/c1-21-15(11-23(28(2,25)26)14-7-5-13(18)6-8-14)19-20-17(21)27-12-16(24)22-9-3-4-10-22/h5-8H,3-4,9-12H2,1-2H3. The first-order chi connectivity index (χ1) is 13.3. The van der Waals surface area contributed by atoms with E-state index >= 15 is 0 Å². The van der Waals surface area contributed by atoms with E-state index in [1.165, 1.54) is 36.0 Å². The van der Waals surface area contributed by atoms with Crippen molar-refractivity contribution < 1.29 is 17.6 Å². The average molecular weight is 428 g/mol. The summed E-state index contributed by atoms with van der Waals surface area (Å²) >= 11 is 1.28. The lowest BCUT2D eigenvalue weighted by Crippen LogP contribution is -2.30. The molecule has 2 aromatic rings. The van der Waals surface area contributed by atoms with E-state index in [4.69, 9.17) is 0 Å². The minimum Gasteiger partial charge on any atom is -0.342 e. The van der Waals surface area contributed by atoms with E-state index < -0.39 is 15.8 Å². The van der Waals surface area contributed by atoms with Crippen LogP contribution in [0.15, 0.2) is 29.4 Å². The molecule has 1 aliphatic heterocycles. The molecule has 152 valence electrons. The number of carbonyl (C=O) groups is 1. The number of sulfonamides is 1. The van der Waals surface area contributed by atoms with Gasteiger partial charge in [0, 0.05) is 20.1 Å². The Labute approximate surface area is 167 Å². The van der Waals surface area contributed by atoms with Crippen molar-refractivity contribution in [2.24, 2.45) is 7.05 Å². The smallest absolute Gasteiger partial charge is 0.233 e. The van der Waals surface area contributed by atoms with Crippen molar-refractivity contribution in [3.05, 3.63) is 35.9 Å². The molecule has 0 radical (unpaired) electrons.